The summed E-state index contributed by atoms with van der Waals surface area (Å²) in [5.41, 5.74) is 4.77. The lowest BCUT2D eigenvalue weighted by Crippen LogP contribution is -1.99. The molecule has 0 radical (unpaired) electrons. The molecule has 0 spiro atoms. The highest BCUT2D eigenvalue weighted by Crippen LogP contribution is 2.40. The summed E-state index contributed by atoms with van der Waals surface area (Å²) < 4.78 is 4.10. The first-order chi connectivity index (χ1) is 23.5. The maximum Gasteiger partial charge on any atom is 0.221 e. The van der Waals surface area contributed by atoms with Gasteiger partial charge in [0.1, 0.15) is 0 Å². The van der Waals surface area contributed by atoms with E-state index < -0.39 is 0 Å². The summed E-state index contributed by atoms with van der Waals surface area (Å²) in [7, 11) is 0. The van der Waals surface area contributed by atoms with E-state index in [0.717, 1.165) is 72.4 Å². The van der Waals surface area contributed by atoms with Gasteiger partial charge in [-0.15, -0.1) is 45.3 Å². The smallest absolute Gasteiger partial charge is 0.221 e. The molecule has 0 saturated carbocycles. The molecule has 4 heterocycles. The summed E-state index contributed by atoms with van der Waals surface area (Å²) in [5, 5.41) is 7.01. The summed E-state index contributed by atoms with van der Waals surface area (Å²) in [6.07, 6.45) is 0. The zero-order valence-corrected chi connectivity index (χ0v) is 27.9. The second-order valence-electron chi connectivity index (χ2n) is 11.4. The highest BCUT2D eigenvalue weighted by atomic mass is 32.1. The molecular weight excluding hydrogens is 673 g/mol. The largest absolute Gasteiger partial charge is 0.286 e. The fraction of sp³-hybridized carbons (Fsp3) is 0. The lowest BCUT2D eigenvalue weighted by molar-refractivity contribution is 0.103. The first-order valence-electron chi connectivity index (χ1n) is 15.0. The minimum atomic E-state index is -0.0576. The lowest BCUT2D eigenvalue weighted by Gasteiger charge is -1.97. The molecule has 10 heteroatoms. The van der Waals surface area contributed by atoms with Crippen molar-refractivity contribution in [3.8, 4) is 10.0 Å². The van der Waals surface area contributed by atoms with Crippen LogP contribution in [0.5, 0.6) is 0 Å². The summed E-state index contributed by atoms with van der Waals surface area (Å²) in [6, 6.07) is 35.4. The number of benzene rings is 6. The number of carbonyl (C=O) groups is 2. The van der Waals surface area contributed by atoms with E-state index in [-0.39, 0.29) is 11.6 Å². The number of aromatic nitrogens is 4. The van der Waals surface area contributed by atoms with E-state index in [1.165, 1.54) is 22.7 Å². The Kier molecular flexibility index (Phi) is 6.16. The van der Waals surface area contributed by atoms with E-state index in [1.54, 1.807) is 22.7 Å². The van der Waals surface area contributed by atoms with Gasteiger partial charge < -0.3 is 0 Å². The van der Waals surface area contributed by atoms with Crippen LogP contribution in [0.3, 0.4) is 0 Å². The van der Waals surface area contributed by atoms with Crippen molar-refractivity contribution in [1.29, 1.82) is 0 Å². The van der Waals surface area contributed by atoms with E-state index in [1.807, 2.05) is 60.7 Å². The normalized spacial score (nSPS) is 11.9. The molecule has 0 aliphatic carbocycles. The van der Waals surface area contributed by atoms with Crippen molar-refractivity contribution in [1.82, 2.24) is 19.9 Å². The van der Waals surface area contributed by atoms with Crippen molar-refractivity contribution in [3.05, 3.63) is 130 Å². The zero-order chi connectivity index (χ0) is 31.9. The number of hydrogen-bond acceptors (Lipinski definition) is 10. The SMILES string of the molecule is O=C(c1ccccc1)c1nc2cc3cc4sc(-c5nc6cc7cc8sc(C(=O)c9ccccc9)nc8cc7cc6s5)nc4cc3cc2s1. The average Bonchev–Trinajstić information content (AvgIpc) is 3.91. The molecule has 0 bridgehead atoms. The molecule has 4 aromatic heterocycles. The van der Waals surface area contributed by atoms with Crippen molar-refractivity contribution < 1.29 is 9.59 Å². The summed E-state index contributed by atoms with van der Waals surface area (Å²) >= 11 is 6.10. The van der Waals surface area contributed by atoms with E-state index in [9.17, 15) is 9.59 Å². The molecule has 0 N–H and O–H groups in total. The third kappa shape index (κ3) is 4.56. The van der Waals surface area contributed by atoms with Crippen molar-refractivity contribution >= 4 is 119 Å². The molecule has 6 aromatic carbocycles. The van der Waals surface area contributed by atoms with Gasteiger partial charge in [0.2, 0.25) is 11.6 Å². The van der Waals surface area contributed by atoms with Crippen LogP contribution < -0.4 is 0 Å². The molecule has 0 saturated heterocycles. The molecule has 48 heavy (non-hydrogen) atoms. The predicted molar refractivity (Wildman–Crippen MR) is 199 cm³/mol. The molecule has 0 atom stereocenters. The first-order valence-corrected chi connectivity index (χ1v) is 18.3. The molecule has 226 valence electrons. The number of carbonyl (C=O) groups excluding carboxylic acids is 2. The number of rotatable bonds is 5. The molecule has 10 aromatic rings. The monoisotopic (exact) mass is 690 g/mol. The Balaban J connectivity index is 0.994. The summed E-state index contributed by atoms with van der Waals surface area (Å²) in [6.45, 7) is 0. The van der Waals surface area contributed by atoms with Gasteiger partial charge in [-0.3, -0.25) is 9.59 Å². The van der Waals surface area contributed by atoms with Gasteiger partial charge >= 0.3 is 0 Å². The Bertz CT molecular complexity index is 2600. The van der Waals surface area contributed by atoms with Crippen LogP contribution in [0.1, 0.15) is 30.7 Å². The Morgan fingerprint density at radius 3 is 1.10 bits per heavy atom. The minimum absolute atomic E-state index is 0.0576. The van der Waals surface area contributed by atoms with Gasteiger partial charge in [-0.2, -0.15) is 0 Å². The Hall–Kier alpha value is -5.26. The maximum absolute atomic E-state index is 13.0. The zero-order valence-electron chi connectivity index (χ0n) is 24.6. The third-order valence-corrected chi connectivity index (χ3v) is 12.6. The van der Waals surface area contributed by atoms with Gasteiger partial charge in [-0.05, 0) is 70.1 Å². The van der Waals surface area contributed by atoms with Crippen LogP contribution in [-0.4, -0.2) is 31.5 Å². The van der Waals surface area contributed by atoms with Crippen LogP contribution in [0.15, 0.2) is 109 Å². The number of fused-ring (bicyclic) bond motifs is 6. The van der Waals surface area contributed by atoms with E-state index in [4.69, 9.17) is 9.97 Å². The molecule has 0 aliphatic rings. The minimum Gasteiger partial charge on any atom is -0.286 e. The molecule has 6 nitrogen and oxygen atoms in total. The molecule has 0 aliphatic heterocycles. The fourth-order valence-corrected chi connectivity index (χ4v) is 9.92. The maximum atomic E-state index is 13.0. The highest BCUT2D eigenvalue weighted by molar-refractivity contribution is 7.27. The molecule has 10 rings (SSSR count). The van der Waals surface area contributed by atoms with Gasteiger partial charge in [-0.25, -0.2) is 19.9 Å². The van der Waals surface area contributed by atoms with Crippen molar-refractivity contribution in [2.24, 2.45) is 0 Å². The van der Waals surface area contributed by atoms with Crippen LogP contribution in [0, 0.1) is 0 Å². The van der Waals surface area contributed by atoms with Gasteiger partial charge in [0.15, 0.2) is 20.0 Å². The lowest BCUT2D eigenvalue weighted by atomic mass is 10.1. The number of ketones is 2. The van der Waals surface area contributed by atoms with E-state index >= 15 is 0 Å². The third-order valence-electron chi connectivity index (χ3n) is 8.35. The summed E-state index contributed by atoms with van der Waals surface area (Å²) in [4.78, 5) is 45.4. The number of thiazole rings is 4. The van der Waals surface area contributed by atoms with Crippen molar-refractivity contribution in [2.45, 2.75) is 0 Å². The standard InChI is InChI=1S/C38H18N4O2S4/c43-33(19-7-3-1-4-8-19)35-39-25-11-21-17-31-27(13-23(21)15-29(25)45-35)41-37(47-31)38-42-28-14-24-16-30-26(12-22(24)18-32(28)48-38)40-36(46-30)34(44)20-9-5-2-6-10-20/h1-18H. The molecular formula is C38H18N4O2S4. The second kappa shape index (κ2) is 10.6. The predicted octanol–water partition coefficient (Wildman–Crippen LogP) is 10.6. The number of nitrogens with zero attached hydrogens (tertiary/aromatic N) is 4. The van der Waals surface area contributed by atoms with Gasteiger partial charge in [0.05, 0.1) is 40.9 Å². The van der Waals surface area contributed by atoms with Crippen LogP contribution in [0.4, 0.5) is 0 Å². The average molecular weight is 691 g/mol. The quantitative estimate of drug-likeness (QED) is 0.167. The van der Waals surface area contributed by atoms with E-state index in [2.05, 4.69) is 58.5 Å². The van der Waals surface area contributed by atoms with Crippen molar-refractivity contribution in [3.63, 3.8) is 0 Å². The fourth-order valence-electron chi connectivity index (χ4n) is 5.99. The summed E-state index contributed by atoms with van der Waals surface area (Å²) in [5.74, 6) is -0.115. The first kappa shape index (κ1) is 27.8. The second-order valence-corrected chi connectivity index (χ2v) is 15.6. The van der Waals surface area contributed by atoms with Crippen LogP contribution in [0.2, 0.25) is 0 Å². The van der Waals surface area contributed by atoms with Crippen LogP contribution in [0.25, 0.3) is 72.4 Å². The molecule has 0 unspecified atom stereocenters. The molecule has 0 fully saturated rings. The van der Waals surface area contributed by atoms with Crippen molar-refractivity contribution in [2.75, 3.05) is 0 Å². The Morgan fingerprint density at radius 1 is 0.396 bits per heavy atom. The van der Waals surface area contributed by atoms with Gasteiger partial charge in [-0.1, -0.05) is 60.7 Å². The van der Waals surface area contributed by atoms with Gasteiger partial charge in [0.25, 0.3) is 0 Å². The number of hydrogen-bond donors (Lipinski definition) is 0. The van der Waals surface area contributed by atoms with E-state index in [0.29, 0.717) is 21.1 Å². The van der Waals surface area contributed by atoms with Crippen LogP contribution >= 0.6 is 45.3 Å². The molecule has 0 amide bonds. The Labute approximate surface area is 287 Å². The van der Waals surface area contributed by atoms with Gasteiger partial charge in [0, 0.05) is 11.1 Å². The van der Waals surface area contributed by atoms with Crippen LogP contribution in [-0.2, 0) is 0 Å². The topological polar surface area (TPSA) is 85.7 Å². The highest BCUT2D eigenvalue weighted by Gasteiger charge is 2.18. The Morgan fingerprint density at radius 2 is 0.729 bits per heavy atom.